The van der Waals surface area contributed by atoms with Crippen LogP contribution in [0.4, 0.5) is 0 Å². The minimum atomic E-state index is -4.03. The molecule has 0 spiro atoms. The van der Waals surface area contributed by atoms with Gasteiger partial charge in [0.25, 0.3) is 0 Å². The predicted octanol–water partition coefficient (Wildman–Crippen LogP) is -2.17. The maximum absolute atomic E-state index is 12.0. The summed E-state index contributed by atoms with van der Waals surface area (Å²) >= 11 is 0. The lowest BCUT2D eigenvalue weighted by molar-refractivity contribution is 0.222. The van der Waals surface area contributed by atoms with Crippen molar-refractivity contribution in [3.63, 3.8) is 0 Å². The summed E-state index contributed by atoms with van der Waals surface area (Å²) in [5.41, 5.74) is 0. The monoisotopic (exact) mass is 363 g/mol. The third kappa shape index (κ3) is 7.02. The molecule has 0 aromatic carbocycles. The van der Waals surface area contributed by atoms with Crippen LogP contribution in [0.2, 0.25) is 0 Å². The van der Waals surface area contributed by atoms with E-state index in [1.54, 1.807) is 0 Å². The molecule has 0 aromatic heterocycles. The van der Waals surface area contributed by atoms with Crippen molar-refractivity contribution in [2.45, 2.75) is 6.42 Å². The van der Waals surface area contributed by atoms with Gasteiger partial charge >= 0.3 is 0 Å². The van der Waals surface area contributed by atoms with Crippen molar-refractivity contribution in [2.24, 2.45) is 0 Å². The highest BCUT2D eigenvalue weighted by Crippen LogP contribution is 2.08. The van der Waals surface area contributed by atoms with E-state index < -0.39 is 35.8 Å². The summed E-state index contributed by atoms with van der Waals surface area (Å²) in [6.45, 7) is 2.03. The van der Waals surface area contributed by atoms with Gasteiger partial charge in [-0.05, 0) is 13.5 Å². The number of sulfonamides is 3. The third-order valence-corrected chi connectivity index (χ3v) is 7.96. The average Bonchev–Trinajstić information content (AvgIpc) is 2.25. The number of nitrogens with one attached hydrogen (secondary N) is 1. The van der Waals surface area contributed by atoms with E-state index >= 15 is 0 Å². The van der Waals surface area contributed by atoms with Crippen molar-refractivity contribution in [3.8, 4) is 0 Å². The summed E-state index contributed by atoms with van der Waals surface area (Å²) in [5, 5.41) is 0. The molecule has 0 aliphatic carbocycles. The van der Waals surface area contributed by atoms with Gasteiger partial charge in [0.15, 0.2) is 0 Å². The first-order valence-electron chi connectivity index (χ1n) is 6.29. The van der Waals surface area contributed by atoms with Gasteiger partial charge in [-0.2, -0.15) is 4.31 Å². The van der Waals surface area contributed by atoms with E-state index in [1.807, 2.05) is 11.9 Å². The van der Waals surface area contributed by atoms with Crippen molar-refractivity contribution < 1.29 is 25.3 Å². The normalized spacial score (nSPS) is 19.7. The Morgan fingerprint density at radius 3 is 1.90 bits per heavy atom. The Balaban J connectivity index is 2.51. The number of nitrogens with zero attached hydrogens (tertiary/aromatic N) is 2. The molecule has 0 atom stereocenters. The molecule has 1 rings (SSSR count). The molecule has 0 radical (unpaired) electrons. The molecular formula is C9H21N3O6S3. The van der Waals surface area contributed by atoms with Gasteiger partial charge in [-0.25, -0.2) is 25.3 Å². The van der Waals surface area contributed by atoms with Crippen LogP contribution in [0.5, 0.6) is 0 Å². The Kier molecular flexibility index (Phi) is 6.15. The Morgan fingerprint density at radius 2 is 1.43 bits per heavy atom. The van der Waals surface area contributed by atoms with Crippen molar-refractivity contribution in [3.05, 3.63) is 0 Å². The van der Waals surface area contributed by atoms with Crippen LogP contribution in [-0.4, -0.2) is 85.4 Å². The quantitative estimate of drug-likeness (QED) is 0.546. The number of likely N-dealkylation sites (N-methyl/N-ethyl adjacent to an activating group) is 1. The fraction of sp³-hybridized carbons (Fsp3) is 1.00. The van der Waals surface area contributed by atoms with E-state index in [1.165, 1.54) is 8.43 Å². The second-order valence-corrected chi connectivity index (χ2v) is 11.0. The maximum atomic E-state index is 12.0. The Morgan fingerprint density at radius 1 is 0.905 bits per heavy atom. The zero-order chi connectivity index (χ0) is 16.3. The van der Waals surface area contributed by atoms with Crippen LogP contribution < -0.4 is 4.13 Å². The van der Waals surface area contributed by atoms with Gasteiger partial charge in [-0.15, -0.1) is 4.13 Å². The smallest absolute Gasteiger partial charge is 0.224 e. The molecule has 1 saturated heterocycles. The van der Waals surface area contributed by atoms with Crippen molar-refractivity contribution in [2.75, 3.05) is 51.0 Å². The van der Waals surface area contributed by atoms with E-state index in [4.69, 9.17) is 0 Å². The summed E-state index contributed by atoms with van der Waals surface area (Å²) in [6, 6.07) is 0. The first-order valence-corrected chi connectivity index (χ1v) is 11.4. The molecule has 0 saturated carbocycles. The van der Waals surface area contributed by atoms with Crippen LogP contribution in [0.25, 0.3) is 0 Å². The fourth-order valence-electron chi connectivity index (χ4n) is 1.90. The molecule has 21 heavy (non-hydrogen) atoms. The lowest BCUT2D eigenvalue weighted by Crippen LogP contribution is -2.47. The van der Waals surface area contributed by atoms with Gasteiger partial charge in [-0.3, -0.25) is 0 Å². The minimum Gasteiger partial charge on any atom is -0.304 e. The second kappa shape index (κ2) is 6.87. The Bertz CT molecular complexity index is 647. The highest BCUT2D eigenvalue weighted by molar-refractivity contribution is 8.04. The van der Waals surface area contributed by atoms with E-state index in [2.05, 4.69) is 0 Å². The number of piperazine rings is 1. The van der Waals surface area contributed by atoms with Crippen LogP contribution in [0.1, 0.15) is 6.42 Å². The van der Waals surface area contributed by atoms with Crippen LogP contribution in [-0.2, 0) is 30.1 Å². The van der Waals surface area contributed by atoms with Crippen LogP contribution in [0, 0.1) is 0 Å². The molecule has 1 heterocycles. The minimum absolute atomic E-state index is 0.153. The number of rotatable bonds is 7. The van der Waals surface area contributed by atoms with Gasteiger partial charge in [0, 0.05) is 26.2 Å². The summed E-state index contributed by atoms with van der Waals surface area (Å²) in [4.78, 5) is 2.01. The molecule has 12 heteroatoms. The molecule has 1 aliphatic heterocycles. The molecule has 1 fully saturated rings. The lowest BCUT2D eigenvalue weighted by Gasteiger charge is -2.31. The van der Waals surface area contributed by atoms with E-state index in [-0.39, 0.29) is 12.2 Å². The Hall–Kier alpha value is -0.270. The molecular weight excluding hydrogens is 342 g/mol. The first kappa shape index (κ1) is 18.8. The number of hydrogen-bond acceptors (Lipinski definition) is 7. The third-order valence-electron chi connectivity index (χ3n) is 2.95. The SMILES string of the molecule is CN1CCN(S(=O)(=O)CCCS(=O)(=O)NS(C)(=O)=O)CC1. The van der Waals surface area contributed by atoms with Crippen LogP contribution in [0.3, 0.4) is 0 Å². The maximum Gasteiger partial charge on any atom is 0.224 e. The molecule has 126 valence electrons. The van der Waals surface area contributed by atoms with Crippen molar-refractivity contribution >= 4 is 30.1 Å². The van der Waals surface area contributed by atoms with Gasteiger partial charge in [-0.1, -0.05) is 0 Å². The first-order chi connectivity index (χ1) is 9.41. The zero-order valence-corrected chi connectivity index (χ0v) is 14.5. The second-order valence-electron chi connectivity index (χ2n) is 5.05. The zero-order valence-electron chi connectivity index (χ0n) is 12.0. The summed E-state index contributed by atoms with van der Waals surface area (Å²) in [6.07, 6.45) is 0.574. The molecule has 0 unspecified atom stereocenters. The summed E-state index contributed by atoms with van der Waals surface area (Å²) in [5.74, 6) is -0.867. The molecule has 1 aliphatic rings. The number of hydrogen-bond donors (Lipinski definition) is 1. The van der Waals surface area contributed by atoms with Crippen molar-refractivity contribution in [1.82, 2.24) is 13.3 Å². The van der Waals surface area contributed by atoms with Gasteiger partial charge in [0.1, 0.15) is 0 Å². The largest absolute Gasteiger partial charge is 0.304 e. The average molecular weight is 363 g/mol. The van der Waals surface area contributed by atoms with Gasteiger partial charge in [0.2, 0.25) is 30.1 Å². The highest BCUT2D eigenvalue weighted by Gasteiger charge is 2.26. The lowest BCUT2D eigenvalue weighted by atomic mass is 10.4. The van der Waals surface area contributed by atoms with Gasteiger partial charge < -0.3 is 4.90 Å². The summed E-state index contributed by atoms with van der Waals surface area (Å²) < 4.78 is 71.5. The fourth-order valence-corrected chi connectivity index (χ4v) is 6.27. The Labute approximate surface area is 126 Å². The van der Waals surface area contributed by atoms with Crippen molar-refractivity contribution in [1.29, 1.82) is 0 Å². The van der Waals surface area contributed by atoms with E-state index in [0.29, 0.717) is 26.2 Å². The van der Waals surface area contributed by atoms with Crippen LogP contribution in [0.15, 0.2) is 0 Å². The molecule has 0 bridgehead atoms. The summed E-state index contributed by atoms with van der Waals surface area (Å²) in [7, 11) is -9.52. The molecule has 0 amide bonds. The molecule has 0 aromatic rings. The molecule has 1 N–H and O–H groups in total. The van der Waals surface area contributed by atoms with Gasteiger partial charge in [0.05, 0.1) is 17.8 Å². The van der Waals surface area contributed by atoms with E-state index in [0.717, 1.165) is 6.26 Å². The van der Waals surface area contributed by atoms with E-state index in [9.17, 15) is 25.3 Å². The molecule has 9 nitrogen and oxygen atoms in total. The highest BCUT2D eigenvalue weighted by atomic mass is 32.3. The predicted molar refractivity (Wildman–Crippen MR) is 79.2 cm³/mol. The topological polar surface area (TPSA) is 121 Å². The van der Waals surface area contributed by atoms with Crippen LogP contribution >= 0.6 is 0 Å². The standard InChI is InChI=1S/C9H21N3O6S3/c1-11-4-6-12(7-5-11)21(17,18)9-3-8-20(15,16)10-19(2,13)14/h10H,3-9H2,1-2H3.